The zero-order valence-corrected chi connectivity index (χ0v) is 13.8. The lowest BCUT2D eigenvalue weighted by Gasteiger charge is -2.20. The number of nitrogens with one attached hydrogen (secondary N) is 1. The van der Waals surface area contributed by atoms with Gasteiger partial charge in [-0.2, -0.15) is 0 Å². The maximum absolute atomic E-state index is 5.79. The first-order chi connectivity index (χ1) is 10.00. The Labute approximate surface area is 130 Å². The van der Waals surface area contributed by atoms with E-state index in [-0.39, 0.29) is 0 Å². The summed E-state index contributed by atoms with van der Waals surface area (Å²) < 4.78 is 0. The Balaban J connectivity index is 1.67. The van der Waals surface area contributed by atoms with Crippen molar-refractivity contribution in [2.75, 3.05) is 12.3 Å². The summed E-state index contributed by atoms with van der Waals surface area (Å²) in [6.45, 7) is 7.43. The second-order valence-electron chi connectivity index (χ2n) is 6.19. The fourth-order valence-corrected chi connectivity index (χ4v) is 3.90. The Morgan fingerprint density at radius 3 is 2.48 bits per heavy atom. The highest BCUT2D eigenvalue weighted by atomic mass is 32.1. The van der Waals surface area contributed by atoms with E-state index in [1.807, 2.05) is 12.1 Å². The summed E-state index contributed by atoms with van der Waals surface area (Å²) in [6.07, 6.45) is 2.52. The molecule has 1 atom stereocenters. The summed E-state index contributed by atoms with van der Waals surface area (Å²) in [7, 11) is 0. The number of aromatic nitrogens is 1. The number of nitrogen functional groups attached to an aromatic ring is 1. The third-order valence-electron chi connectivity index (χ3n) is 4.46. The lowest BCUT2D eigenvalue weighted by Crippen LogP contribution is -2.29. The van der Waals surface area contributed by atoms with Crippen molar-refractivity contribution in [2.45, 2.75) is 45.1 Å². The average Bonchev–Trinajstić information content (AvgIpc) is 3.16. The first-order valence-corrected chi connectivity index (χ1v) is 8.35. The van der Waals surface area contributed by atoms with E-state index in [2.05, 4.69) is 43.2 Å². The molecule has 3 N–H and O–H groups in total. The summed E-state index contributed by atoms with van der Waals surface area (Å²) in [5.41, 5.74) is 9.51. The van der Waals surface area contributed by atoms with Crippen LogP contribution in [0.25, 0.3) is 0 Å². The van der Waals surface area contributed by atoms with E-state index in [9.17, 15) is 0 Å². The third kappa shape index (κ3) is 2.97. The molecule has 0 amide bonds. The van der Waals surface area contributed by atoms with Gasteiger partial charge in [0.05, 0.1) is 10.7 Å². The van der Waals surface area contributed by atoms with Crippen LogP contribution in [0.4, 0.5) is 5.69 Å². The summed E-state index contributed by atoms with van der Waals surface area (Å²) in [6, 6.07) is 8.74. The molecule has 1 aromatic carbocycles. The Morgan fingerprint density at radius 1 is 1.29 bits per heavy atom. The van der Waals surface area contributed by atoms with Crippen LogP contribution in [0.15, 0.2) is 24.3 Å². The van der Waals surface area contributed by atoms with E-state index < -0.39 is 0 Å². The molecule has 1 aliphatic carbocycles. The van der Waals surface area contributed by atoms with Gasteiger partial charge in [-0.1, -0.05) is 12.1 Å². The molecule has 0 saturated heterocycles. The quantitative estimate of drug-likeness (QED) is 0.827. The molecule has 1 aromatic heterocycles. The van der Waals surface area contributed by atoms with Crippen molar-refractivity contribution in [1.82, 2.24) is 10.3 Å². The third-order valence-corrected chi connectivity index (χ3v) is 5.71. The van der Waals surface area contributed by atoms with Crippen molar-refractivity contribution in [3.05, 3.63) is 45.4 Å². The summed E-state index contributed by atoms with van der Waals surface area (Å²) in [5, 5.41) is 4.86. The average molecular weight is 301 g/mol. The molecular weight excluding hydrogens is 278 g/mol. The van der Waals surface area contributed by atoms with Gasteiger partial charge in [0.15, 0.2) is 0 Å². The molecule has 4 heteroatoms. The molecule has 0 aliphatic heterocycles. The number of aryl methyl sites for hydroxylation is 2. The van der Waals surface area contributed by atoms with Crippen LogP contribution >= 0.6 is 11.3 Å². The molecule has 1 fully saturated rings. The molecule has 0 bridgehead atoms. The van der Waals surface area contributed by atoms with Gasteiger partial charge in [0.1, 0.15) is 0 Å². The number of hydrogen-bond donors (Lipinski definition) is 2. The smallest absolute Gasteiger partial charge is 0.0900 e. The minimum Gasteiger partial charge on any atom is -0.399 e. The van der Waals surface area contributed by atoms with Crippen LogP contribution in [-0.2, 0) is 5.41 Å². The maximum Gasteiger partial charge on any atom is 0.0900 e. The highest BCUT2D eigenvalue weighted by molar-refractivity contribution is 7.11. The number of nitrogens with two attached hydrogens (primary N) is 1. The number of thiazole rings is 1. The SMILES string of the molecule is Cc1nc(C)c(C(C)NCC2(c3ccc(N)cc3)CC2)s1. The second kappa shape index (κ2) is 5.43. The predicted molar refractivity (Wildman–Crippen MR) is 89.8 cm³/mol. The molecule has 1 heterocycles. The number of rotatable bonds is 5. The second-order valence-corrected chi connectivity index (χ2v) is 7.42. The van der Waals surface area contributed by atoms with Gasteiger partial charge in [-0.15, -0.1) is 11.3 Å². The van der Waals surface area contributed by atoms with Gasteiger partial charge in [0.25, 0.3) is 0 Å². The first-order valence-electron chi connectivity index (χ1n) is 7.53. The zero-order chi connectivity index (χ0) is 15.0. The van der Waals surface area contributed by atoms with Crippen LogP contribution in [-0.4, -0.2) is 11.5 Å². The van der Waals surface area contributed by atoms with Crippen molar-refractivity contribution < 1.29 is 0 Å². The minimum absolute atomic E-state index is 0.315. The molecule has 1 saturated carbocycles. The molecule has 112 valence electrons. The molecule has 0 spiro atoms. The highest BCUT2D eigenvalue weighted by Crippen LogP contribution is 2.48. The Bertz CT molecular complexity index is 626. The van der Waals surface area contributed by atoms with Gasteiger partial charge in [0, 0.05) is 28.6 Å². The normalized spacial score (nSPS) is 17.7. The standard InChI is InChI=1S/C17H23N3S/c1-11(16-12(2)20-13(3)21-16)19-10-17(8-9-17)14-4-6-15(18)7-5-14/h4-7,11,19H,8-10,18H2,1-3H3. The predicted octanol–water partition coefficient (Wildman–Crippen LogP) is 3.72. The number of nitrogens with zero attached hydrogens (tertiary/aromatic N) is 1. The van der Waals surface area contributed by atoms with E-state index in [0.29, 0.717) is 11.5 Å². The largest absolute Gasteiger partial charge is 0.399 e. The van der Waals surface area contributed by atoms with Crippen LogP contribution in [0.5, 0.6) is 0 Å². The Morgan fingerprint density at radius 2 is 1.95 bits per heavy atom. The summed E-state index contributed by atoms with van der Waals surface area (Å²) in [4.78, 5) is 5.89. The lowest BCUT2D eigenvalue weighted by atomic mass is 9.95. The molecule has 1 unspecified atom stereocenters. The van der Waals surface area contributed by atoms with Gasteiger partial charge >= 0.3 is 0 Å². The van der Waals surface area contributed by atoms with E-state index in [1.54, 1.807) is 11.3 Å². The van der Waals surface area contributed by atoms with Crippen molar-refractivity contribution in [2.24, 2.45) is 0 Å². The van der Waals surface area contributed by atoms with Gasteiger partial charge < -0.3 is 11.1 Å². The fourth-order valence-electron chi connectivity index (χ4n) is 2.95. The molecule has 2 aromatic rings. The van der Waals surface area contributed by atoms with E-state index in [1.165, 1.54) is 23.3 Å². The van der Waals surface area contributed by atoms with Gasteiger partial charge in [0.2, 0.25) is 0 Å². The highest BCUT2D eigenvalue weighted by Gasteiger charge is 2.44. The van der Waals surface area contributed by atoms with Gasteiger partial charge in [-0.3, -0.25) is 0 Å². The number of anilines is 1. The summed E-state index contributed by atoms with van der Waals surface area (Å²) >= 11 is 1.80. The Kier molecular flexibility index (Phi) is 3.76. The topological polar surface area (TPSA) is 50.9 Å². The number of benzene rings is 1. The van der Waals surface area contributed by atoms with Crippen LogP contribution in [0.2, 0.25) is 0 Å². The van der Waals surface area contributed by atoms with Crippen molar-refractivity contribution in [3.8, 4) is 0 Å². The van der Waals surface area contributed by atoms with Crippen LogP contribution in [0.3, 0.4) is 0 Å². The molecule has 21 heavy (non-hydrogen) atoms. The van der Waals surface area contributed by atoms with Crippen molar-refractivity contribution >= 4 is 17.0 Å². The fraction of sp³-hybridized carbons (Fsp3) is 0.471. The van der Waals surface area contributed by atoms with Gasteiger partial charge in [-0.05, 0) is 51.3 Å². The first kappa shape index (κ1) is 14.5. The van der Waals surface area contributed by atoms with E-state index >= 15 is 0 Å². The van der Waals surface area contributed by atoms with Gasteiger partial charge in [-0.25, -0.2) is 4.98 Å². The molecule has 0 radical (unpaired) electrons. The zero-order valence-electron chi connectivity index (χ0n) is 12.9. The molecular formula is C17H23N3S. The van der Waals surface area contributed by atoms with Crippen molar-refractivity contribution in [3.63, 3.8) is 0 Å². The molecule has 1 aliphatic rings. The van der Waals surface area contributed by atoms with Crippen molar-refractivity contribution in [1.29, 1.82) is 0 Å². The van der Waals surface area contributed by atoms with Crippen LogP contribution in [0, 0.1) is 13.8 Å². The van der Waals surface area contributed by atoms with E-state index in [0.717, 1.165) is 22.9 Å². The van der Waals surface area contributed by atoms with Crippen LogP contribution < -0.4 is 11.1 Å². The monoisotopic (exact) mass is 301 g/mol. The molecule has 3 rings (SSSR count). The summed E-state index contributed by atoms with van der Waals surface area (Å²) in [5.74, 6) is 0. The lowest BCUT2D eigenvalue weighted by molar-refractivity contribution is 0.513. The minimum atomic E-state index is 0.315. The van der Waals surface area contributed by atoms with Crippen LogP contribution in [0.1, 0.15) is 46.9 Å². The molecule has 3 nitrogen and oxygen atoms in total. The number of hydrogen-bond acceptors (Lipinski definition) is 4. The maximum atomic E-state index is 5.79. The Hall–Kier alpha value is -1.39. The van der Waals surface area contributed by atoms with E-state index in [4.69, 9.17) is 5.73 Å².